The third kappa shape index (κ3) is 8.36. The molecule has 12 rings (SSSR count). The molecule has 2 heterocycles. The van der Waals surface area contributed by atoms with Gasteiger partial charge >= 0.3 is 0 Å². The minimum atomic E-state index is 0.506. The maximum atomic E-state index is 10.3. The summed E-state index contributed by atoms with van der Waals surface area (Å²) in [4.78, 5) is 4.31. The van der Waals surface area contributed by atoms with Gasteiger partial charge in [0, 0.05) is 21.5 Å². The molecule has 4 nitrogen and oxygen atoms in total. The zero-order chi connectivity index (χ0) is 52.0. The number of fused-ring (bicyclic) bond motifs is 6. The molecular weight excluding hydrogens is 909 g/mol. The van der Waals surface area contributed by atoms with Gasteiger partial charge in [0.05, 0.1) is 51.6 Å². The third-order valence-corrected chi connectivity index (χ3v) is 15.0. The number of aromatic nitrogens is 2. The van der Waals surface area contributed by atoms with Crippen molar-refractivity contribution in [3.63, 3.8) is 0 Å². The molecule has 0 radical (unpaired) electrons. The van der Waals surface area contributed by atoms with Crippen molar-refractivity contribution >= 4 is 49.3 Å². The summed E-state index contributed by atoms with van der Waals surface area (Å²) in [6.45, 7) is 28.2. The highest BCUT2D eigenvalue weighted by Crippen LogP contribution is 2.46. The van der Waals surface area contributed by atoms with Crippen molar-refractivity contribution in [1.29, 1.82) is 5.26 Å². The number of rotatable bonds is 7. The van der Waals surface area contributed by atoms with Gasteiger partial charge in [-0.05, 0) is 196 Å². The van der Waals surface area contributed by atoms with Crippen LogP contribution in [0.1, 0.15) is 55.6 Å². The van der Waals surface area contributed by atoms with Crippen LogP contribution in [0.4, 0.5) is 5.69 Å². The number of hydrogen-bond donors (Lipinski definition) is 0. The minimum Gasteiger partial charge on any atom is -0.308 e. The van der Waals surface area contributed by atoms with Gasteiger partial charge < -0.3 is 9.13 Å². The number of nitriles is 1. The Morgan fingerprint density at radius 1 is 0.320 bits per heavy atom. The van der Waals surface area contributed by atoms with E-state index in [1.807, 2.05) is 19.1 Å². The Morgan fingerprint density at radius 3 is 0.920 bits per heavy atom. The fourth-order valence-corrected chi connectivity index (χ4v) is 12.1. The number of nitrogens with zero attached hydrogens (tertiary/aromatic N) is 4. The van der Waals surface area contributed by atoms with E-state index in [0.29, 0.717) is 11.3 Å². The summed E-state index contributed by atoms with van der Waals surface area (Å²) in [7, 11) is 0. The van der Waals surface area contributed by atoms with Crippen LogP contribution < -0.4 is 0 Å². The fourth-order valence-electron chi connectivity index (χ4n) is 12.1. The van der Waals surface area contributed by atoms with Crippen molar-refractivity contribution in [2.75, 3.05) is 0 Å². The minimum absolute atomic E-state index is 0.506. The quantitative estimate of drug-likeness (QED) is 0.147. The Labute approximate surface area is 439 Å². The Morgan fingerprint density at radius 2 is 0.613 bits per heavy atom. The van der Waals surface area contributed by atoms with Gasteiger partial charge in [0.15, 0.2) is 5.69 Å². The summed E-state index contributed by atoms with van der Waals surface area (Å²) >= 11 is 0. The van der Waals surface area contributed by atoms with Crippen molar-refractivity contribution in [3.05, 3.63) is 243 Å². The first-order chi connectivity index (χ1) is 36.2. The first-order valence-corrected chi connectivity index (χ1v) is 25.8. The number of benzene rings is 10. The van der Waals surface area contributed by atoms with Crippen LogP contribution in [0.15, 0.2) is 176 Å². The van der Waals surface area contributed by atoms with Gasteiger partial charge in [-0.15, -0.1) is 0 Å². The van der Waals surface area contributed by atoms with E-state index < -0.39 is 0 Å². The molecule has 0 aliphatic carbocycles. The summed E-state index contributed by atoms with van der Waals surface area (Å²) in [5.41, 5.74) is 28.8. The van der Waals surface area contributed by atoms with Gasteiger partial charge in [0.2, 0.25) is 0 Å². The number of aryl methyl sites for hydroxylation is 9. The lowest BCUT2D eigenvalue weighted by Crippen LogP contribution is -2.04. The molecule has 10 aromatic carbocycles. The van der Waals surface area contributed by atoms with Crippen molar-refractivity contribution in [2.24, 2.45) is 0 Å². The van der Waals surface area contributed by atoms with Gasteiger partial charge in [-0.2, -0.15) is 5.26 Å². The van der Waals surface area contributed by atoms with E-state index >= 15 is 0 Å². The summed E-state index contributed by atoms with van der Waals surface area (Å²) in [5, 5.41) is 14.8. The van der Waals surface area contributed by atoms with Crippen molar-refractivity contribution in [2.45, 2.75) is 62.3 Å². The fraction of sp³-hybridized carbons (Fsp3) is 0.127. The van der Waals surface area contributed by atoms with Crippen LogP contribution in [-0.4, -0.2) is 9.13 Å². The Bertz CT molecular complexity index is 4180. The normalized spacial score (nSPS) is 11.5. The molecule has 360 valence electrons. The van der Waals surface area contributed by atoms with Crippen molar-refractivity contribution in [3.8, 4) is 73.1 Å². The average Bonchev–Trinajstić information content (AvgIpc) is 3.89. The molecule has 0 aliphatic heterocycles. The molecule has 0 amide bonds. The molecule has 0 aliphatic rings. The molecule has 12 aromatic rings. The van der Waals surface area contributed by atoms with Crippen molar-refractivity contribution < 1.29 is 0 Å². The van der Waals surface area contributed by atoms with Crippen LogP contribution in [0.3, 0.4) is 0 Å². The number of hydrogen-bond acceptors (Lipinski definition) is 1. The smallest absolute Gasteiger partial charge is 0.197 e. The zero-order valence-electron chi connectivity index (χ0n) is 44.0. The van der Waals surface area contributed by atoms with E-state index in [0.717, 1.165) is 93.9 Å². The van der Waals surface area contributed by atoms with Gasteiger partial charge in [-0.1, -0.05) is 148 Å². The highest BCUT2D eigenvalue weighted by atomic mass is 15.1. The third-order valence-electron chi connectivity index (χ3n) is 15.0. The van der Waals surface area contributed by atoms with Crippen LogP contribution in [0.25, 0.3) is 115 Å². The van der Waals surface area contributed by atoms with E-state index in [9.17, 15) is 5.26 Å². The maximum absolute atomic E-state index is 10.3. The summed E-state index contributed by atoms with van der Waals surface area (Å²) in [6.07, 6.45) is 0. The van der Waals surface area contributed by atoms with Crippen LogP contribution in [0.5, 0.6) is 0 Å². The van der Waals surface area contributed by atoms with Crippen LogP contribution in [-0.2, 0) is 0 Å². The lowest BCUT2D eigenvalue weighted by molar-refractivity contribution is 1.10. The van der Waals surface area contributed by atoms with Crippen LogP contribution in [0.2, 0.25) is 0 Å². The predicted molar refractivity (Wildman–Crippen MR) is 316 cm³/mol. The zero-order valence-corrected chi connectivity index (χ0v) is 44.0. The largest absolute Gasteiger partial charge is 0.308 e. The highest BCUT2D eigenvalue weighted by Gasteiger charge is 2.24. The Kier molecular flexibility index (Phi) is 11.3. The topological polar surface area (TPSA) is 38.0 Å². The Balaban J connectivity index is 1.22. The van der Waals surface area contributed by atoms with Crippen LogP contribution in [0, 0.1) is 80.2 Å². The van der Waals surface area contributed by atoms with Gasteiger partial charge in [-0.25, -0.2) is 4.85 Å². The van der Waals surface area contributed by atoms with E-state index in [1.54, 1.807) is 0 Å². The highest BCUT2D eigenvalue weighted by molar-refractivity contribution is 6.14. The molecule has 0 spiro atoms. The standard InChI is InChI=1S/C71H56N4/c1-41-19-42(2)25-55(24-41)51-11-15-66-61(34-51)62-35-52(56-26-43(3)20-44(4)27-56)12-16-67(62)74(66)70-38-60(59-32-49(9)23-50(33-59)40-72)65(73-10)39-71(70)75-68-17-13-53(57-28-45(5)21-46(6)29-57)36-63(68)64-37-54(14-18-69(64)75)58-30-47(7)22-48(8)31-58/h11-39H,1-9H3. The van der Waals surface area contributed by atoms with Crippen molar-refractivity contribution in [1.82, 2.24) is 9.13 Å². The van der Waals surface area contributed by atoms with Crippen LogP contribution >= 0.6 is 0 Å². The molecule has 0 bridgehead atoms. The molecule has 0 N–H and O–H groups in total. The lowest BCUT2D eigenvalue weighted by atomic mass is 9.97. The maximum Gasteiger partial charge on any atom is 0.197 e. The molecule has 75 heavy (non-hydrogen) atoms. The lowest BCUT2D eigenvalue weighted by Gasteiger charge is -2.20. The van der Waals surface area contributed by atoms with E-state index in [2.05, 4.69) is 239 Å². The first-order valence-electron chi connectivity index (χ1n) is 25.8. The van der Waals surface area contributed by atoms with E-state index in [1.165, 1.54) is 66.8 Å². The molecule has 0 saturated carbocycles. The van der Waals surface area contributed by atoms with Gasteiger partial charge in [0.1, 0.15) is 0 Å². The average molecular weight is 965 g/mol. The first kappa shape index (κ1) is 46.8. The second kappa shape index (κ2) is 18.1. The predicted octanol–water partition coefficient (Wildman–Crippen LogP) is 19.4. The van der Waals surface area contributed by atoms with E-state index in [-0.39, 0.29) is 0 Å². The summed E-state index contributed by atoms with van der Waals surface area (Å²) < 4.78 is 4.80. The molecule has 4 heteroatoms. The molecule has 2 aromatic heterocycles. The Hall–Kier alpha value is -9.22. The second-order valence-corrected chi connectivity index (χ2v) is 21.3. The SMILES string of the molecule is [C-]#[N+]c1cc(-n2c3ccc(-c4cc(C)cc(C)c4)cc3c3cc(-c4cc(C)cc(C)c4)ccc32)c(-n2c3ccc(-c4cc(C)cc(C)c4)cc3c3cc(-c4cc(C)cc(C)c4)ccc32)cc1-c1cc(C)cc(C#N)c1. The molecule has 0 saturated heterocycles. The van der Waals surface area contributed by atoms with Gasteiger partial charge in [0.25, 0.3) is 0 Å². The molecule has 0 fully saturated rings. The second-order valence-electron chi connectivity index (χ2n) is 21.3. The molecule has 0 unspecified atom stereocenters. The van der Waals surface area contributed by atoms with E-state index in [4.69, 9.17) is 6.57 Å². The van der Waals surface area contributed by atoms with Gasteiger partial charge in [-0.3, -0.25) is 0 Å². The monoisotopic (exact) mass is 964 g/mol. The molecular formula is C71H56N4. The summed E-state index contributed by atoms with van der Waals surface area (Å²) in [5.74, 6) is 0. The summed E-state index contributed by atoms with van der Waals surface area (Å²) in [6, 6.07) is 67.3. The molecule has 0 atom stereocenters.